The monoisotopic (exact) mass is 315 g/mol. The third-order valence-electron chi connectivity index (χ3n) is 2.85. The predicted octanol–water partition coefficient (Wildman–Crippen LogP) is 3.58. The Morgan fingerprint density at radius 1 is 1.23 bits per heavy atom. The minimum absolute atomic E-state index is 0.314. The number of aliphatic carboxylic acids is 1. The summed E-state index contributed by atoms with van der Waals surface area (Å²) in [7, 11) is 0. The van der Waals surface area contributed by atoms with Gasteiger partial charge in [0.25, 0.3) is 0 Å². The zero-order valence-corrected chi connectivity index (χ0v) is 12.9. The van der Waals surface area contributed by atoms with Gasteiger partial charge in [-0.05, 0) is 44.2 Å². The lowest BCUT2D eigenvalue weighted by molar-refractivity contribution is -0.138. The number of carboxylic acid groups (broad SMARTS) is 1. The molecule has 1 aromatic heterocycles. The lowest BCUT2D eigenvalue weighted by Crippen LogP contribution is -2.27. The van der Waals surface area contributed by atoms with Gasteiger partial charge in [-0.3, -0.25) is 9.78 Å². The first-order valence-corrected chi connectivity index (χ1v) is 7.34. The van der Waals surface area contributed by atoms with Crippen LogP contribution in [0.3, 0.4) is 0 Å². The third kappa shape index (κ3) is 4.09. The van der Waals surface area contributed by atoms with E-state index in [-0.39, 0.29) is 5.82 Å². The quantitative estimate of drug-likeness (QED) is 0.695. The zero-order valence-electron chi connectivity index (χ0n) is 12.1. The van der Waals surface area contributed by atoms with Crippen LogP contribution in [0.15, 0.2) is 47.6 Å². The molecule has 3 nitrogen and oxygen atoms in total. The van der Waals surface area contributed by atoms with E-state index in [4.69, 9.17) is 0 Å². The fraction of sp³-hybridized carbons (Fsp3) is 0.176. The van der Waals surface area contributed by atoms with Crippen molar-refractivity contribution in [1.82, 2.24) is 4.98 Å². The van der Waals surface area contributed by atoms with Crippen molar-refractivity contribution in [2.45, 2.75) is 23.5 Å². The van der Waals surface area contributed by atoms with Crippen molar-refractivity contribution in [3.05, 3.63) is 59.7 Å². The van der Waals surface area contributed by atoms with E-state index < -0.39 is 10.7 Å². The normalized spacial score (nSPS) is 10.7. The van der Waals surface area contributed by atoms with Crippen LogP contribution >= 0.6 is 11.8 Å². The Labute approximate surface area is 132 Å². The Hall–Kier alpha value is -2.32. The maximum absolute atomic E-state index is 12.9. The van der Waals surface area contributed by atoms with Crippen LogP contribution in [-0.4, -0.2) is 20.8 Å². The number of benzene rings is 1. The minimum atomic E-state index is -0.965. The summed E-state index contributed by atoms with van der Waals surface area (Å²) in [5, 5.41) is 9.22. The highest BCUT2D eigenvalue weighted by Crippen LogP contribution is 2.34. The zero-order chi connectivity index (χ0) is 16.2. The fourth-order valence-electron chi connectivity index (χ4n) is 1.56. The molecule has 112 valence electrons. The van der Waals surface area contributed by atoms with E-state index in [2.05, 4.69) is 16.8 Å². The molecule has 1 heterocycles. The van der Waals surface area contributed by atoms with Gasteiger partial charge in [-0.15, -0.1) is 11.8 Å². The molecule has 1 aromatic carbocycles. The highest BCUT2D eigenvalue weighted by atomic mass is 32.2. The summed E-state index contributed by atoms with van der Waals surface area (Å²) in [6, 6.07) is 7.61. The largest absolute Gasteiger partial charge is 0.480 e. The molecule has 0 aliphatic heterocycles. The molecular weight excluding hydrogens is 301 g/mol. The summed E-state index contributed by atoms with van der Waals surface area (Å²) in [6.07, 6.45) is 3.19. The summed E-state index contributed by atoms with van der Waals surface area (Å²) in [4.78, 5) is 16.0. The molecule has 0 saturated carbocycles. The van der Waals surface area contributed by atoms with Crippen molar-refractivity contribution in [3.8, 4) is 11.8 Å². The second kappa shape index (κ2) is 6.63. The second-order valence-corrected chi connectivity index (χ2v) is 6.71. The average molecular weight is 315 g/mol. The Morgan fingerprint density at radius 2 is 1.91 bits per heavy atom. The van der Waals surface area contributed by atoms with Crippen molar-refractivity contribution in [2.24, 2.45) is 0 Å². The molecule has 5 heteroatoms. The van der Waals surface area contributed by atoms with Gasteiger partial charge in [0.1, 0.15) is 10.6 Å². The molecule has 0 radical (unpaired) electrons. The van der Waals surface area contributed by atoms with Crippen LogP contribution in [0.2, 0.25) is 0 Å². The van der Waals surface area contributed by atoms with Crippen LogP contribution in [0, 0.1) is 17.7 Å². The summed E-state index contributed by atoms with van der Waals surface area (Å²) < 4.78 is 11.9. The van der Waals surface area contributed by atoms with E-state index in [1.165, 1.54) is 23.9 Å². The number of hydrogen-bond donors (Lipinski definition) is 1. The number of carbonyl (C=O) groups is 1. The number of thioether (sulfide) groups is 1. The Balaban J connectivity index is 2.30. The standard InChI is InChI=1S/C17H14FNO2S/c1-17(2,16(20)21)22-15-9-10-19-11-13(15)6-3-12-4-7-14(18)8-5-12/h4-5,7-11H,1-2H3,(H,20,21). The van der Waals surface area contributed by atoms with Crippen LogP contribution in [-0.2, 0) is 4.79 Å². The maximum atomic E-state index is 12.9. The van der Waals surface area contributed by atoms with Crippen molar-refractivity contribution in [3.63, 3.8) is 0 Å². The van der Waals surface area contributed by atoms with E-state index in [9.17, 15) is 14.3 Å². The lowest BCUT2D eigenvalue weighted by Gasteiger charge is -2.18. The van der Waals surface area contributed by atoms with E-state index in [1.807, 2.05) is 0 Å². The topological polar surface area (TPSA) is 50.2 Å². The van der Waals surface area contributed by atoms with Gasteiger partial charge in [0.2, 0.25) is 0 Å². The third-order valence-corrected chi connectivity index (χ3v) is 4.11. The maximum Gasteiger partial charge on any atom is 0.319 e. The molecule has 0 saturated heterocycles. The number of halogens is 1. The SMILES string of the molecule is CC(C)(Sc1ccncc1C#Cc1ccc(F)cc1)C(=O)O. The van der Waals surface area contributed by atoms with Gasteiger partial charge in [-0.25, -0.2) is 4.39 Å². The first kappa shape index (κ1) is 16.1. The summed E-state index contributed by atoms with van der Waals surface area (Å²) in [5.41, 5.74) is 1.32. The molecule has 0 bridgehead atoms. The van der Waals surface area contributed by atoms with Gasteiger partial charge in [-0.2, -0.15) is 0 Å². The number of rotatable bonds is 3. The van der Waals surface area contributed by atoms with E-state index >= 15 is 0 Å². The number of nitrogens with zero attached hydrogens (tertiary/aromatic N) is 1. The molecule has 0 atom stereocenters. The summed E-state index contributed by atoms with van der Waals surface area (Å²) >= 11 is 1.22. The van der Waals surface area contributed by atoms with Crippen molar-refractivity contribution >= 4 is 17.7 Å². The number of pyridine rings is 1. The molecule has 0 amide bonds. The Kier molecular flexibility index (Phi) is 4.84. The van der Waals surface area contributed by atoms with Gasteiger partial charge in [-0.1, -0.05) is 11.8 Å². The highest BCUT2D eigenvalue weighted by molar-refractivity contribution is 8.01. The molecule has 0 fully saturated rings. The van der Waals surface area contributed by atoms with Gasteiger partial charge in [0.05, 0.1) is 5.56 Å². The van der Waals surface area contributed by atoms with Crippen molar-refractivity contribution in [2.75, 3.05) is 0 Å². The summed E-state index contributed by atoms with van der Waals surface area (Å²) in [5.74, 6) is 4.68. The molecule has 1 N–H and O–H groups in total. The van der Waals surface area contributed by atoms with Crippen molar-refractivity contribution < 1.29 is 14.3 Å². The van der Waals surface area contributed by atoms with Crippen LogP contribution in [0.25, 0.3) is 0 Å². The fourth-order valence-corrected chi connectivity index (χ4v) is 2.54. The molecule has 0 aliphatic carbocycles. The van der Waals surface area contributed by atoms with E-state index in [0.717, 1.165) is 4.90 Å². The Bertz CT molecular complexity index is 745. The van der Waals surface area contributed by atoms with Crippen LogP contribution in [0.5, 0.6) is 0 Å². The highest BCUT2D eigenvalue weighted by Gasteiger charge is 2.29. The van der Waals surface area contributed by atoms with Gasteiger partial charge in [0.15, 0.2) is 0 Å². The van der Waals surface area contributed by atoms with E-state index in [0.29, 0.717) is 11.1 Å². The smallest absolute Gasteiger partial charge is 0.319 e. The molecule has 0 spiro atoms. The molecular formula is C17H14FNO2S. The molecule has 0 aliphatic rings. The number of hydrogen-bond acceptors (Lipinski definition) is 3. The first-order valence-electron chi connectivity index (χ1n) is 6.52. The van der Waals surface area contributed by atoms with Gasteiger partial charge in [0, 0.05) is 22.9 Å². The average Bonchev–Trinajstić information content (AvgIpc) is 2.47. The molecule has 2 aromatic rings. The van der Waals surface area contributed by atoms with Gasteiger partial charge < -0.3 is 5.11 Å². The number of aromatic nitrogens is 1. The van der Waals surface area contributed by atoms with Crippen LogP contribution in [0.4, 0.5) is 4.39 Å². The minimum Gasteiger partial charge on any atom is -0.480 e. The molecule has 22 heavy (non-hydrogen) atoms. The predicted molar refractivity (Wildman–Crippen MR) is 84.2 cm³/mol. The van der Waals surface area contributed by atoms with E-state index in [1.54, 1.807) is 44.4 Å². The second-order valence-electron chi connectivity index (χ2n) is 5.05. The Morgan fingerprint density at radius 3 is 2.55 bits per heavy atom. The van der Waals surface area contributed by atoms with Crippen LogP contribution < -0.4 is 0 Å². The molecule has 2 rings (SSSR count). The first-order chi connectivity index (χ1) is 10.4. The van der Waals surface area contributed by atoms with Gasteiger partial charge >= 0.3 is 5.97 Å². The van der Waals surface area contributed by atoms with Crippen LogP contribution in [0.1, 0.15) is 25.0 Å². The van der Waals surface area contributed by atoms with Crippen molar-refractivity contribution in [1.29, 1.82) is 0 Å². The number of carboxylic acids is 1. The summed E-state index contributed by atoms with van der Waals surface area (Å²) in [6.45, 7) is 3.27. The molecule has 0 unspecified atom stereocenters. The lowest BCUT2D eigenvalue weighted by atomic mass is 10.2.